The second-order valence-corrected chi connectivity index (χ2v) is 3.65. The average molecular weight is 243 g/mol. The third-order valence-corrected chi connectivity index (χ3v) is 1.88. The third kappa shape index (κ3) is 6.34. The number of ether oxygens (including phenoxy) is 1. The lowest BCUT2D eigenvalue weighted by Gasteiger charge is -2.19. The fraction of sp³-hybridized carbons (Fsp3) is 0.545. The van der Waals surface area contributed by atoms with Crippen molar-refractivity contribution < 1.29 is 24.2 Å². The first kappa shape index (κ1) is 15.2. The van der Waals surface area contributed by atoms with Crippen LogP contribution in [0.2, 0.25) is 0 Å². The summed E-state index contributed by atoms with van der Waals surface area (Å²) in [6.07, 6.45) is 1.56. The lowest BCUT2D eigenvalue weighted by Crippen LogP contribution is -2.44. The van der Waals surface area contributed by atoms with Crippen LogP contribution in [0.5, 0.6) is 0 Å². The maximum atomic E-state index is 11.5. The first-order valence-electron chi connectivity index (χ1n) is 5.26. The molecule has 0 bridgehead atoms. The van der Waals surface area contributed by atoms with E-state index < -0.39 is 23.9 Å². The molecule has 1 amide bonds. The highest BCUT2D eigenvalue weighted by molar-refractivity contribution is 5.95. The van der Waals surface area contributed by atoms with Crippen molar-refractivity contribution in [3.05, 3.63) is 12.2 Å². The molecule has 0 aromatic heterocycles. The predicted octanol–water partition coefficient (Wildman–Crippen LogP) is 0.331. The molecule has 1 atom stereocenters. The minimum absolute atomic E-state index is 0.142. The van der Waals surface area contributed by atoms with E-state index in [0.717, 1.165) is 6.08 Å². The molecule has 96 valence electrons. The molecule has 0 aromatic rings. The summed E-state index contributed by atoms with van der Waals surface area (Å²) in [6.45, 7) is 5.40. The zero-order valence-electron chi connectivity index (χ0n) is 10.1. The minimum Gasteiger partial charge on any atom is -0.478 e. The number of amides is 1. The molecule has 0 aromatic carbocycles. The van der Waals surface area contributed by atoms with Crippen LogP contribution < -0.4 is 5.32 Å². The van der Waals surface area contributed by atoms with Gasteiger partial charge in [-0.25, -0.2) is 9.59 Å². The van der Waals surface area contributed by atoms with E-state index in [0.29, 0.717) is 6.08 Å². The standard InChI is InChI=1S/C11H17NO5/c1-4-17-11(16)10(7(2)3)12-8(13)5-6-9(14)15/h5-7,10H,4H2,1-3H3,(H,12,13)(H,14,15)/b6-5+/t10-/m0/s1. The Bertz CT molecular complexity index is 322. The molecule has 0 aliphatic heterocycles. The quantitative estimate of drug-likeness (QED) is 0.518. The molecule has 0 aliphatic rings. The molecule has 6 heteroatoms. The Morgan fingerprint density at radius 3 is 2.29 bits per heavy atom. The van der Waals surface area contributed by atoms with Crippen LogP contribution in [0.3, 0.4) is 0 Å². The molecule has 2 N–H and O–H groups in total. The number of carbonyl (C=O) groups is 3. The average Bonchev–Trinajstić information content (AvgIpc) is 2.22. The summed E-state index contributed by atoms with van der Waals surface area (Å²) in [4.78, 5) is 33.0. The van der Waals surface area contributed by atoms with Gasteiger partial charge < -0.3 is 15.2 Å². The van der Waals surface area contributed by atoms with Crippen molar-refractivity contribution >= 4 is 17.8 Å². The molecule has 0 aliphatic carbocycles. The SMILES string of the molecule is CCOC(=O)[C@@H](NC(=O)/C=C/C(=O)O)C(C)C. The van der Waals surface area contributed by atoms with Crippen LogP contribution in [0.1, 0.15) is 20.8 Å². The van der Waals surface area contributed by atoms with Gasteiger partial charge in [0.1, 0.15) is 6.04 Å². The molecule has 0 unspecified atom stereocenters. The van der Waals surface area contributed by atoms with Crippen molar-refractivity contribution in [2.75, 3.05) is 6.61 Å². The zero-order valence-corrected chi connectivity index (χ0v) is 10.1. The lowest BCUT2D eigenvalue weighted by atomic mass is 10.0. The van der Waals surface area contributed by atoms with Crippen molar-refractivity contribution in [1.82, 2.24) is 5.32 Å². The molecule has 0 spiro atoms. The van der Waals surface area contributed by atoms with Crippen LogP contribution in [0, 0.1) is 5.92 Å². The molecule has 0 radical (unpaired) electrons. The monoisotopic (exact) mass is 243 g/mol. The Kier molecular flexibility index (Phi) is 6.62. The number of carbonyl (C=O) groups excluding carboxylic acids is 2. The van der Waals surface area contributed by atoms with Crippen molar-refractivity contribution in [3.63, 3.8) is 0 Å². The van der Waals surface area contributed by atoms with Gasteiger partial charge in [0.25, 0.3) is 0 Å². The smallest absolute Gasteiger partial charge is 0.328 e. The lowest BCUT2D eigenvalue weighted by molar-refractivity contribution is -0.148. The molecule has 0 saturated heterocycles. The Hall–Kier alpha value is -1.85. The van der Waals surface area contributed by atoms with Gasteiger partial charge in [-0.15, -0.1) is 0 Å². The molecule has 17 heavy (non-hydrogen) atoms. The van der Waals surface area contributed by atoms with E-state index in [4.69, 9.17) is 9.84 Å². The first-order valence-corrected chi connectivity index (χ1v) is 5.26. The van der Waals surface area contributed by atoms with Crippen LogP contribution in [0.25, 0.3) is 0 Å². The summed E-state index contributed by atoms with van der Waals surface area (Å²) in [5.41, 5.74) is 0. The second kappa shape index (κ2) is 7.43. The predicted molar refractivity (Wildman–Crippen MR) is 60.2 cm³/mol. The van der Waals surface area contributed by atoms with Gasteiger partial charge >= 0.3 is 11.9 Å². The van der Waals surface area contributed by atoms with E-state index in [2.05, 4.69) is 5.32 Å². The van der Waals surface area contributed by atoms with Gasteiger partial charge in [-0.2, -0.15) is 0 Å². The second-order valence-electron chi connectivity index (χ2n) is 3.65. The van der Waals surface area contributed by atoms with E-state index in [1.807, 2.05) is 0 Å². The number of aliphatic carboxylic acids is 1. The Morgan fingerprint density at radius 2 is 1.88 bits per heavy atom. The number of nitrogens with one attached hydrogen (secondary N) is 1. The number of esters is 1. The van der Waals surface area contributed by atoms with Crippen LogP contribution >= 0.6 is 0 Å². The van der Waals surface area contributed by atoms with Crippen molar-refractivity contribution in [2.45, 2.75) is 26.8 Å². The van der Waals surface area contributed by atoms with Crippen molar-refractivity contribution in [1.29, 1.82) is 0 Å². The molecule has 0 rings (SSSR count). The number of carboxylic acid groups (broad SMARTS) is 1. The van der Waals surface area contributed by atoms with Crippen molar-refractivity contribution in [2.24, 2.45) is 5.92 Å². The topological polar surface area (TPSA) is 92.7 Å². The van der Waals surface area contributed by atoms with Crippen LogP contribution in [-0.4, -0.2) is 35.6 Å². The summed E-state index contributed by atoms with van der Waals surface area (Å²) in [5.74, 6) is -2.53. The van der Waals surface area contributed by atoms with Gasteiger partial charge in [0.15, 0.2) is 0 Å². The fourth-order valence-electron chi connectivity index (χ4n) is 1.08. The van der Waals surface area contributed by atoms with E-state index >= 15 is 0 Å². The highest BCUT2D eigenvalue weighted by Gasteiger charge is 2.24. The Morgan fingerprint density at radius 1 is 1.29 bits per heavy atom. The van der Waals surface area contributed by atoms with Gasteiger partial charge in [0.2, 0.25) is 5.91 Å². The minimum atomic E-state index is -1.22. The fourth-order valence-corrected chi connectivity index (χ4v) is 1.08. The van der Waals surface area contributed by atoms with E-state index in [1.54, 1.807) is 20.8 Å². The Balaban J connectivity index is 4.50. The number of rotatable bonds is 6. The molecular formula is C11H17NO5. The third-order valence-electron chi connectivity index (χ3n) is 1.88. The van der Waals surface area contributed by atoms with E-state index in [1.165, 1.54) is 0 Å². The summed E-state index contributed by atoms with van der Waals surface area (Å²) < 4.78 is 4.80. The first-order chi connectivity index (χ1) is 7.88. The van der Waals surface area contributed by atoms with Gasteiger partial charge in [-0.3, -0.25) is 4.79 Å². The van der Waals surface area contributed by atoms with Gasteiger partial charge in [-0.1, -0.05) is 13.8 Å². The van der Waals surface area contributed by atoms with Gasteiger partial charge in [0, 0.05) is 12.2 Å². The van der Waals surface area contributed by atoms with Crippen LogP contribution in [0.15, 0.2) is 12.2 Å². The van der Waals surface area contributed by atoms with Gasteiger partial charge in [0.05, 0.1) is 6.61 Å². The molecule has 0 saturated carbocycles. The zero-order chi connectivity index (χ0) is 13.4. The highest BCUT2D eigenvalue weighted by Crippen LogP contribution is 2.04. The van der Waals surface area contributed by atoms with E-state index in [-0.39, 0.29) is 12.5 Å². The summed E-state index contributed by atoms with van der Waals surface area (Å²) in [5, 5.41) is 10.7. The van der Waals surface area contributed by atoms with E-state index in [9.17, 15) is 14.4 Å². The number of hydrogen-bond acceptors (Lipinski definition) is 4. The normalized spacial score (nSPS) is 12.5. The molecule has 6 nitrogen and oxygen atoms in total. The Labute approximate surface area is 99.6 Å². The molecule has 0 fully saturated rings. The maximum Gasteiger partial charge on any atom is 0.328 e. The molecule has 0 heterocycles. The van der Waals surface area contributed by atoms with Crippen LogP contribution in [0.4, 0.5) is 0 Å². The summed E-state index contributed by atoms with van der Waals surface area (Å²) in [7, 11) is 0. The van der Waals surface area contributed by atoms with Crippen molar-refractivity contribution in [3.8, 4) is 0 Å². The largest absolute Gasteiger partial charge is 0.478 e. The highest BCUT2D eigenvalue weighted by atomic mass is 16.5. The molecular weight excluding hydrogens is 226 g/mol. The summed E-state index contributed by atoms with van der Waals surface area (Å²) >= 11 is 0. The number of hydrogen-bond donors (Lipinski definition) is 2. The van der Waals surface area contributed by atoms with Gasteiger partial charge in [-0.05, 0) is 12.8 Å². The number of carboxylic acids is 1. The summed E-state index contributed by atoms with van der Waals surface area (Å²) in [6, 6.07) is -0.777. The maximum absolute atomic E-state index is 11.5. The van der Waals surface area contributed by atoms with Crippen LogP contribution in [-0.2, 0) is 19.1 Å².